The van der Waals surface area contributed by atoms with Gasteiger partial charge in [-0.2, -0.15) is 5.10 Å². The number of ether oxygens (including phenoxy) is 1. The monoisotopic (exact) mass is 452 g/mol. The number of H-pyrrole nitrogens is 2. The van der Waals surface area contributed by atoms with Crippen LogP contribution in [-0.2, 0) is 0 Å². The fourth-order valence-electron chi connectivity index (χ4n) is 3.91. The predicted octanol–water partition coefficient (Wildman–Crippen LogP) is 4.36. The van der Waals surface area contributed by atoms with Gasteiger partial charge in [0.15, 0.2) is 17.2 Å². The minimum atomic E-state index is -0.402. The third-order valence-electron chi connectivity index (χ3n) is 5.49. The summed E-state index contributed by atoms with van der Waals surface area (Å²) in [7, 11) is 1.50. The van der Waals surface area contributed by atoms with Gasteiger partial charge in [0, 0.05) is 35.8 Å². The van der Waals surface area contributed by atoms with Crippen LogP contribution >= 0.6 is 0 Å². The van der Waals surface area contributed by atoms with Gasteiger partial charge in [-0.25, -0.2) is 19.3 Å². The van der Waals surface area contributed by atoms with E-state index >= 15 is 0 Å². The van der Waals surface area contributed by atoms with Gasteiger partial charge in [0.1, 0.15) is 22.6 Å². The summed E-state index contributed by atoms with van der Waals surface area (Å²) in [6.07, 6.45) is 4.93. The Hall–Kier alpha value is -4.86. The highest BCUT2D eigenvalue weighted by atomic mass is 19.1. The number of nitrogen functional groups attached to an aromatic ring is 1. The Morgan fingerprint density at radius 2 is 1.88 bits per heavy atom. The molecule has 6 aromatic rings. The Balaban J connectivity index is 1.50. The predicted molar refractivity (Wildman–Crippen MR) is 126 cm³/mol. The van der Waals surface area contributed by atoms with Gasteiger partial charge in [0.2, 0.25) is 0 Å². The van der Waals surface area contributed by atoms with Crippen molar-refractivity contribution in [2.75, 3.05) is 12.8 Å². The molecule has 0 saturated heterocycles. The van der Waals surface area contributed by atoms with E-state index in [0.717, 1.165) is 11.1 Å². The van der Waals surface area contributed by atoms with Gasteiger partial charge < -0.3 is 15.5 Å². The molecule has 0 aliphatic rings. The highest BCUT2D eigenvalue weighted by Gasteiger charge is 2.18. The lowest BCUT2D eigenvalue weighted by atomic mass is 10.1. The van der Waals surface area contributed by atoms with Gasteiger partial charge in [-0.15, -0.1) is 0 Å². The van der Waals surface area contributed by atoms with Crippen LogP contribution in [0.1, 0.15) is 0 Å². The van der Waals surface area contributed by atoms with E-state index in [-0.39, 0.29) is 0 Å². The van der Waals surface area contributed by atoms with E-state index in [2.05, 4.69) is 25.1 Å². The van der Waals surface area contributed by atoms with Crippen molar-refractivity contribution >= 4 is 27.9 Å². The van der Waals surface area contributed by atoms with Crippen molar-refractivity contribution in [2.24, 2.45) is 0 Å². The molecule has 0 fully saturated rings. The second-order valence-corrected chi connectivity index (χ2v) is 7.69. The second-order valence-electron chi connectivity index (χ2n) is 7.69. The van der Waals surface area contributed by atoms with E-state index < -0.39 is 5.82 Å². The average molecular weight is 452 g/mol. The first kappa shape index (κ1) is 19.8. The molecule has 10 heteroatoms. The molecule has 34 heavy (non-hydrogen) atoms. The number of anilines is 1. The van der Waals surface area contributed by atoms with Crippen molar-refractivity contribution in [3.8, 4) is 39.7 Å². The Kier molecular flexibility index (Phi) is 4.44. The molecule has 5 aromatic heterocycles. The zero-order valence-corrected chi connectivity index (χ0v) is 17.9. The van der Waals surface area contributed by atoms with Gasteiger partial charge >= 0.3 is 0 Å². The van der Waals surface area contributed by atoms with Crippen molar-refractivity contribution in [1.82, 2.24) is 35.1 Å². The molecular formula is C24H17FN8O. The molecule has 0 aliphatic heterocycles. The SMILES string of the molecule is COc1cc(F)cc(-c2ccnc3[nH]c(-c4n[nH]c5ccc(-c6cncc(N)c6)nc45)nc23)c1. The summed E-state index contributed by atoms with van der Waals surface area (Å²) >= 11 is 0. The summed E-state index contributed by atoms with van der Waals surface area (Å²) in [4.78, 5) is 21.3. The van der Waals surface area contributed by atoms with Crippen molar-refractivity contribution < 1.29 is 9.13 Å². The molecule has 0 atom stereocenters. The Morgan fingerprint density at radius 1 is 0.971 bits per heavy atom. The molecule has 0 amide bonds. The first-order chi connectivity index (χ1) is 16.6. The molecule has 0 radical (unpaired) electrons. The lowest BCUT2D eigenvalue weighted by molar-refractivity contribution is 0.411. The number of benzene rings is 1. The molecule has 0 bridgehead atoms. The molecule has 4 N–H and O–H groups in total. The highest BCUT2D eigenvalue weighted by molar-refractivity contribution is 5.95. The normalized spacial score (nSPS) is 11.4. The summed E-state index contributed by atoms with van der Waals surface area (Å²) in [5, 5.41) is 7.42. The maximum absolute atomic E-state index is 14.1. The van der Waals surface area contributed by atoms with Crippen molar-refractivity contribution in [1.29, 1.82) is 0 Å². The van der Waals surface area contributed by atoms with Crippen LogP contribution in [0.5, 0.6) is 5.75 Å². The van der Waals surface area contributed by atoms with E-state index in [1.54, 1.807) is 30.7 Å². The number of methoxy groups -OCH3 is 1. The number of fused-ring (bicyclic) bond motifs is 2. The number of nitrogens with zero attached hydrogens (tertiary/aromatic N) is 5. The number of rotatable bonds is 4. The van der Waals surface area contributed by atoms with Gasteiger partial charge in [-0.1, -0.05) is 0 Å². The minimum absolute atomic E-state index is 0.402. The molecule has 9 nitrogen and oxygen atoms in total. The molecule has 0 saturated carbocycles. The number of hydrogen-bond donors (Lipinski definition) is 3. The molecule has 0 aliphatic carbocycles. The minimum Gasteiger partial charge on any atom is -0.497 e. The van der Waals surface area contributed by atoms with Crippen molar-refractivity contribution in [3.05, 3.63) is 66.9 Å². The molecule has 166 valence electrons. The largest absolute Gasteiger partial charge is 0.497 e. The van der Waals surface area contributed by atoms with Crippen LogP contribution in [0.4, 0.5) is 10.1 Å². The third kappa shape index (κ3) is 3.28. The zero-order valence-electron chi connectivity index (χ0n) is 17.9. The number of aromatic amines is 2. The lowest BCUT2D eigenvalue weighted by Crippen LogP contribution is -1.90. The summed E-state index contributed by atoms with van der Waals surface area (Å²) in [5.41, 5.74) is 12.3. The standard InChI is InChI=1S/C24H17FN8O/c1-34-16-8-12(6-14(25)9-16)17-4-5-28-23-20(17)30-24(31-23)22-21-19(32-33-22)3-2-18(29-21)13-7-15(26)11-27-10-13/h2-11H,26H2,1H3,(H,32,33)(H,28,30,31). The highest BCUT2D eigenvalue weighted by Crippen LogP contribution is 2.32. The second kappa shape index (κ2) is 7.62. The quantitative estimate of drug-likeness (QED) is 0.362. The number of hydrogen-bond acceptors (Lipinski definition) is 7. The van der Waals surface area contributed by atoms with Crippen LogP contribution in [0.15, 0.2) is 61.1 Å². The fraction of sp³-hybridized carbons (Fsp3) is 0.0417. The van der Waals surface area contributed by atoms with Crippen molar-refractivity contribution in [3.63, 3.8) is 0 Å². The number of nitrogens with one attached hydrogen (secondary N) is 2. The van der Waals surface area contributed by atoms with Gasteiger partial charge in [0.05, 0.1) is 24.0 Å². The average Bonchev–Trinajstić information content (AvgIpc) is 3.47. The number of aromatic nitrogens is 7. The summed E-state index contributed by atoms with van der Waals surface area (Å²) in [5.74, 6) is 0.503. The van der Waals surface area contributed by atoms with Gasteiger partial charge in [-0.05, 0) is 42.0 Å². The molecule has 5 heterocycles. The Bertz CT molecular complexity index is 1690. The Labute approximate surface area is 191 Å². The number of imidazole rings is 1. The fourth-order valence-corrected chi connectivity index (χ4v) is 3.91. The van der Waals surface area contributed by atoms with Crippen LogP contribution in [0.25, 0.3) is 56.1 Å². The molecule has 1 aromatic carbocycles. The smallest absolute Gasteiger partial charge is 0.162 e. The first-order valence-corrected chi connectivity index (χ1v) is 10.3. The molecule has 0 spiro atoms. The number of halogens is 1. The van der Waals surface area contributed by atoms with Crippen LogP contribution in [0.3, 0.4) is 0 Å². The first-order valence-electron chi connectivity index (χ1n) is 10.3. The molecular weight excluding hydrogens is 435 g/mol. The zero-order chi connectivity index (χ0) is 23.2. The van der Waals surface area contributed by atoms with E-state index in [1.165, 1.54) is 19.2 Å². The summed E-state index contributed by atoms with van der Waals surface area (Å²) < 4.78 is 19.4. The van der Waals surface area contributed by atoms with Crippen LogP contribution < -0.4 is 10.5 Å². The van der Waals surface area contributed by atoms with E-state index in [0.29, 0.717) is 56.5 Å². The van der Waals surface area contributed by atoms with E-state index in [1.807, 2.05) is 18.2 Å². The Morgan fingerprint density at radius 3 is 2.74 bits per heavy atom. The summed E-state index contributed by atoms with van der Waals surface area (Å²) in [6, 6.07) is 11.9. The number of nitrogens with two attached hydrogens (primary N) is 1. The maximum Gasteiger partial charge on any atom is 0.162 e. The topological polar surface area (TPSA) is 131 Å². The van der Waals surface area contributed by atoms with Crippen LogP contribution in [0, 0.1) is 5.82 Å². The van der Waals surface area contributed by atoms with Crippen LogP contribution in [0.2, 0.25) is 0 Å². The van der Waals surface area contributed by atoms with Crippen molar-refractivity contribution in [2.45, 2.75) is 0 Å². The van der Waals surface area contributed by atoms with E-state index in [9.17, 15) is 4.39 Å². The van der Waals surface area contributed by atoms with Crippen LogP contribution in [-0.4, -0.2) is 42.2 Å². The number of pyridine rings is 3. The maximum atomic E-state index is 14.1. The summed E-state index contributed by atoms with van der Waals surface area (Å²) in [6.45, 7) is 0. The lowest BCUT2D eigenvalue weighted by Gasteiger charge is -2.06. The van der Waals surface area contributed by atoms with Gasteiger partial charge in [-0.3, -0.25) is 10.1 Å². The van der Waals surface area contributed by atoms with Gasteiger partial charge in [0.25, 0.3) is 0 Å². The molecule has 6 rings (SSSR count). The molecule has 0 unspecified atom stereocenters. The van der Waals surface area contributed by atoms with E-state index in [4.69, 9.17) is 20.4 Å². The third-order valence-corrected chi connectivity index (χ3v) is 5.49.